The van der Waals surface area contributed by atoms with Gasteiger partial charge in [-0.15, -0.1) is 0 Å². The SMILES string of the molecule is CNC(=S)C1(c2cccnc2)CCCCC1(OC(C)=O)OC1CCCCO1. The third kappa shape index (κ3) is 3.86. The van der Waals surface area contributed by atoms with Crippen LogP contribution in [0.25, 0.3) is 0 Å². The zero-order chi connectivity index (χ0) is 19.3. The Morgan fingerprint density at radius 1 is 1.33 bits per heavy atom. The van der Waals surface area contributed by atoms with Crippen LogP contribution in [-0.4, -0.2) is 41.7 Å². The van der Waals surface area contributed by atoms with Gasteiger partial charge in [0.25, 0.3) is 0 Å². The van der Waals surface area contributed by atoms with Gasteiger partial charge in [0, 0.05) is 39.4 Å². The normalized spacial score (nSPS) is 31.1. The van der Waals surface area contributed by atoms with E-state index in [0.29, 0.717) is 24.4 Å². The number of ether oxygens (including phenoxy) is 3. The molecule has 1 saturated carbocycles. The highest BCUT2D eigenvalue weighted by Gasteiger charge is 2.61. The molecule has 148 valence electrons. The molecule has 1 aliphatic heterocycles. The van der Waals surface area contributed by atoms with E-state index in [2.05, 4.69) is 10.3 Å². The molecule has 6 nitrogen and oxygen atoms in total. The molecule has 0 radical (unpaired) electrons. The zero-order valence-electron chi connectivity index (χ0n) is 16.0. The van der Waals surface area contributed by atoms with Crippen molar-refractivity contribution >= 4 is 23.2 Å². The van der Waals surface area contributed by atoms with Gasteiger partial charge >= 0.3 is 5.97 Å². The predicted octanol–water partition coefficient (Wildman–Crippen LogP) is 3.24. The molecule has 0 aromatic carbocycles. The molecule has 2 aliphatic rings. The summed E-state index contributed by atoms with van der Waals surface area (Å²) in [6, 6.07) is 3.85. The number of likely N-dealkylation sites (N-methyl/N-ethyl adjacent to an activating group) is 1. The molecule has 1 saturated heterocycles. The van der Waals surface area contributed by atoms with Gasteiger partial charge in [0.15, 0.2) is 6.29 Å². The molecule has 1 aromatic rings. The summed E-state index contributed by atoms with van der Waals surface area (Å²) < 4.78 is 18.3. The van der Waals surface area contributed by atoms with Crippen LogP contribution in [-0.2, 0) is 24.4 Å². The molecule has 3 unspecified atom stereocenters. The number of rotatable bonds is 5. The van der Waals surface area contributed by atoms with E-state index < -0.39 is 17.5 Å². The number of aromatic nitrogens is 1. The van der Waals surface area contributed by atoms with Crippen molar-refractivity contribution in [3.05, 3.63) is 30.1 Å². The standard InChI is InChI=1S/C20H28N2O4S/c1-15(23)25-20(26-17-9-3-6-13-24-17)11-5-4-10-19(20,18(27)21-2)16-8-7-12-22-14-16/h7-8,12,14,17H,3-6,9-11,13H2,1-2H3,(H,21,27). The second-order valence-corrected chi connectivity index (χ2v) is 7.60. The Labute approximate surface area is 166 Å². The maximum atomic E-state index is 12.2. The van der Waals surface area contributed by atoms with Crippen molar-refractivity contribution in [2.45, 2.75) is 69.4 Å². The fourth-order valence-electron chi connectivity index (χ4n) is 4.33. The largest absolute Gasteiger partial charge is 0.432 e. The summed E-state index contributed by atoms with van der Waals surface area (Å²) in [4.78, 5) is 17.1. The number of carbonyl (C=O) groups is 1. The maximum Gasteiger partial charge on any atom is 0.305 e. The van der Waals surface area contributed by atoms with Crippen molar-refractivity contribution in [3.8, 4) is 0 Å². The predicted molar refractivity (Wildman–Crippen MR) is 105 cm³/mol. The van der Waals surface area contributed by atoms with Crippen molar-refractivity contribution < 1.29 is 19.0 Å². The first kappa shape index (κ1) is 20.2. The van der Waals surface area contributed by atoms with Crippen LogP contribution >= 0.6 is 12.2 Å². The zero-order valence-corrected chi connectivity index (χ0v) is 16.8. The van der Waals surface area contributed by atoms with E-state index in [1.165, 1.54) is 6.92 Å². The van der Waals surface area contributed by atoms with Gasteiger partial charge in [0.1, 0.15) is 5.41 Å². The molecule has 2 heterocycles. The maximum absolute atomic E-state index is 12.2. The summed E-state index contributed by atoms with van der Waals surface area (Å²) in [7, 11) is 1.80. The molecule has 7 heteroatoms. The quantitative estimate of drug-likeness (QED) is 0.469. The summed E-state index contributed by atoms with van der Waals surface area (Å²) in [5, 5.41) is 3.13. The van der Waals surface area contributed by atoms with Crippen LogP contribution in [0, 0.1) is 0 Å². The molecule has 0 amide bonds. The summed E-state index contributed by atoms with van der Waals surface area (Å²) in [6.07, 6.45) is 9.02. The molecule has 0 bridgehead atoms. The van der Waals surface area contributed by atoms with E-state index in [1.807, 2.05) is 12.1 Å². The smallest absolute Gasteiger partial charge is 0.305 e. The number of nitrogens with one attached hydrogen (secondary N) is 1. The van der Waals surface area contributed by atoms with Crippen LogP contribution in [0.1, 0.15) is 57.4 Å². The van der Waals surface area contributed by atoms with Crippen molar-refractivity contribution in [2.24, 2.45) is 0 Å². The van der Waals surface area contributed by atoms with Gasteiger partial charge < -0.3 is 19.5 Å². The van der Waals surface area contributed by atoms with Crippen molar-refractivity contribution in [1.29, 1.82) is 0 Å². The molecule has 1 aromatic heterocycles. The average Bonchev–Trinajstić information content (AvgIpc) is 2.68. The molecule has 2 fully saturated rings. The second-order valence-electron chi connectivity index (χ2n) is 7.19. The van der Waals surface area contributed by atoms with E-state index in [-0.39, 0.29) is 5.97 Å². The Morgan fingerprint density at radius 3 is 2.78 bits per heavy atom. The van der Waals surface area contributed by atoms with Gasteiger partial charge in [-0.25, -0.2) is 0 Å². The number of hydrogen-bond donors (Lipinski definition) is 1. The minimum atomic E-state index is -1.22. The lowest BCUT2D eigenvalue weighted by atomic mass is 9.64. The Kier molecular flexibility index (Phi) is 6.44. The van der Waals surface area contributed by atoms with Crippen LogP contribution in [0.4, 0.5) is 0 Å². The summed E-state index contributed by atoms with van der Waals surface area (Å²) >= 11 is 5.79. The number of carbonyl (C=O) groups excluding carboxylic acids is 1. The first-order valence-electron chi connectivity index (χ1n) is 9.66. The summed E-state index contributed by atoms with van der Waals surface area (Å²) in [5.41, 5.74) is 0.0805. The van der Waals surface area contributed by atoms with Crippen LogP contribution in [0.2, 0.25) is 0 Å². The second kappa shape index (κ2) is 8.63. The minimum absolute atomic E-state index is 0.389. The fourth-order valence-corrected chi connectivity index (χ4v) is 4.71. The highest BCUT2D eigenvalue weighted by molar-refractivity contribution is 7.80. The minimum Gasteiger partial charge on any atom is -0.432 e. The van der Waals surface area contributed by atoms with Crippen LogP contribution in [0.3, 0.4) is 0 Å². The molecule has 1 N–H and O–H groups in total. The van der Waals surface area contributed by atoms with Crippen molar-refractivity contribution in [1.82, 2.24) is 10.3 Å². The van der Waals surface area contributed by atoms with Gasteiger partial charge in [0.05, 0.1) is 4.99 Å². The first-order chi connectivity index (χ1) is 13.0. The van der Waals surface area contributed by atoms with E-state index in [0.717, 1.165) is 37.7 Å². The molecule has 3 atom stereocenters. The summed E-state index contributed by atoms with van der Waals surface area (Å²) in [6.45, 7) is 2.06. The number of esters is 1. The topological polar surface area (TPSA) is 69.7 Å². The van der Waals surface area contributed by atoms with E-state index in [9.17, 15) is 4.79 Å². The number of nitrogens with zero attached hydrogens (tertiary/aromatic N) is 1. The molecule has 0 spiro atoms. The van der Waals surface area contributed by atoms with Crippen LogP contribution in [0.5, 0.6) is 0 Å². The number of hydrogen-bond acceptors (Lipinski definition) is 6. The Bertz CT molecular complexity index is 665. The van der Waals surface area contributed by atoms with Gasteiger partial charge in [0.2, 0.25) is 5.79 Å². The molecule has 3 rings (SSSR count). The lowest BCUT2D eigenvalue weighted by molar-refractivity contribution is -0.329. The van der Waals surface area contributed by atoms with Crippen molar-refractivity contribution in [2.75, 3.05) is 13.7 Å². The molecular formula is C20H28N2O4S. The lowest BCUT2D eigenvalue weighted by Crippen LogP contribution is -2.65. The lowest BCUT2D eigenvalue weighted by Gasteiger charge is -2.53. The van der Waals surface area contributed by atoms with Crippen LogP contribution in [0.15, 0.2) is 24.5 Å². The van der Waals surface area contributed by atoms with E-state index in [4.69, 9.17) is 26.4 Å². The van der Waals surface area contributed by atoms with E-state index in [1.54, 1.807) is 19.4 Å². The molecular weight excluding hydrogens is 364 g/mol. The van der Waals surface area contributed by atoms with Gasteiger partial charge in [-0.05, 0) is 43.7 Å². The highest BCUT2D eigenvalue weighted by atomic mass is 32.1. The Balaban J connectivity index is 2.12. The van der Waals surface area contributed by atoms with Gasteiger partial charge in [-0.3, -0.25) is 9.78 Å². The molecule has 27 heavy (non-hydrogen) atoms. The van der Waals surface area contributed by atoms with Gasteiger partial charge in [-0.1, -0.05) is 24.7 Å². The van der Waals surface area contributed by atoms with Crippen LogP contribution < -0.4 is 5.32 Å². The first-order valence-corrected chi connectivity index (χ1v) is 10.1. The summed E-state index contributed by atoms with van der Waals surface area (Å²) in [5.74, 6) is -1.61. The number of pyridine rings is 1. The van der Waals surface area contributed by atoms with Gasteiger partial charge in [-0.2, -0.15) is 0 Å². The fraction of sp³-hybridized carbons (Fsp3) is 0.650. The van der Waals surface area contributed by atoms with Crippen molar-refractivity contribution in [3.63, 3.8) is 0 Å². The average molecular weight is 393 g/mol. The Hall–Kier alpha value is -1.57. The third-order valence-corrected chi connectivity index (χ3v) is 6.05. The monoisotopic (exact) mass is 392 g/mol. The molecule has 1 aliphatic carbocycles. The third-order valence-electron chi connectivity index (χ3n) is 5.50. The number of thiocarbonyl (C=S) groups is 1. The Morgan fingerprint density at radius 2 is 2.15 bits per heavy atom. The highest BCUT2D eigenvalue weighted by Crippen LogP contribution is 2.51. The van der Waals surface area contributed by atoms with E-state index >= 15 is 0 Å².